The monoisotopic (exact) mass is 521 g/mol. The number of hydrogen-bond donors (Lipinski definition) is 5. The molecule has 10 nitrogen and oxygen atoms in total. The predicted molar refractivity (Wildman–Crippen MR) is 144 cm³/mol. The molecule has 10 heteroatoms. The number of benzene rings is 2. The Bertz CT molecular complexity index is 1130. The number of nitrogens with zero attached hydrogens (tertiary/aromatic N) is 1. The van der Waals surface area contributed by atoms with Crippen LogP contribution in [0.25, 0.3) is 0 Å². The maximum Gasteiger partial charge on any atom is 0.408 e. The minimum Gasteiger partial charge on any atom is -0.480 e. The Morgan fingerprint density at radius 2 is 1.84 bits per heavy atom. The van der Waals surface area contributed by atoms with Crippen molar-refractivity contribution >= 4 is 29.6 Å². The molecule has 2 aromatic carbocycles. The molecular formula is C28H35N5O5. The highest BCUT2D eigenvalue weighted by molar-refractivity contribution is 5.94. The molecule has 1 heterocycles. The first-order chi connectivity index (χ1) is 18.5. The topological polar surface area (TPSA) is 141 Å². The minimum absolute atomic E-state index is 0.0270. The number of nitrogens with one attached hydrogen (secondary N) is 4. The lowest BCUT2D eigenvalue weighted by molar-refractivity contribution is -0.139. The van der Waals surface area contributed by atoms with E-state index in [-0.39, 0.29) is 25.0 Å². The summed E-state index contributed by atoms with van der Waals surface area (Å²) in [6.07, 6.45) is 3.36. The Morgan fingerprint density at radius 3 is 2.55 bits per heavy atom. The maximum absolute atomic E-state index is 12.8. The number of rotatable bonds is 9. The molecule has 0 radical (unpaired) electrons. The van der Waals surface area contributed by atoms with Crippen LogP contribution in [-0.2, 0) is 20.9 Å². The van der Waals surface area contributed by atoms with E-state index in [1.165, 1.54) is 5.56 Å². The van der Waals surface area contributed by atoms with Gasteiger partial charge in [-0.2, -0.15) is 0 Å². The van der Waals surface area contributed by atoms with Gasteiger partial charge in [-0.15, -0.1) is 0 Å². The van der Waals surface area contributed by atoms with Gasteiger partial charge in [-0.1, -0.05) is 42.5 Å². The van der Waals surface area contributed by atoms with Gasteiger partial charge in [0.2, 0.25) is 5.91 Å². The van der Waals surface area contributed by atoms with Gasteiger partial charge in [0.25, 0.3) is 0 Å². The third-order valence-corrected chi connectivity index (χ3v) is 6.90. The number of alkyl carbamates (subject to hydrolysis) is 1. The van der Waals surface area contributed by atoms with E-state index in [2.05, 4.69) is 38.4 Å². The summed E-state index contributed by atoms with van der Waals surface area (Å²) in [5.41, 5.74) is 3.01. The number of aliphatic carboxylic acids is 1. The maximum atomic E-state index is 12.8. The number of aliphatic imine (C=N–C) groups is 1. The first kappa shape index (κ1) is 27.0. The van der Waals surface area contributed by atoms with E-state index in [4.69, 9.17) is 4.74 Å². The largest absolute Gasteiger partial charge is 0.480 e. The van der Waals surface area contributed by atoms with Crippen molar-refractivity contribution in [2.24, 2.45) is 10.9 Å². The summed E-state index contributed by atoms with van der Waals surface area (Å²) in [4.78, 5) is 40.9. The second-order valence-corrected chi connectivity index (χ2v) is 9.65. The highest BCUT2D eigenvalue weighted by Crippen LogP contribution is 2.36. The molecule has 5 N–H and O–H groups in total. The van der Waals surface area contributed by atoms with E-state index >= 15 is 0 Å². The van der Waals surface area contributed by atoms with E-state index in [0.29, 0.717) is 18.8 Å². The molecule has 2 aliphatic rings. The van der Waals surface area contributed by atoms with E-state index < -0.39 is 18.1 Å². The van der Waals surface area contributed by atoms with Crippen molar-refractivity contribution in [3.05, 3.63) is 65.7 Å². The Morgan fingerprint density at radius 1 is 1.05 bits per heavy atom. The Hall–Kier alpha value is -4.08. The van der Waals surface area contributed by atoms with Crippen molar-refractivity contribution in [2.75, 3.05) is 25.0 Å². The van der Waals surface area contributed by atoms with Gasteiger partial charge >= 0.3 is 12.1 Å². The standard InChI is InChI=1S/C28H35N5O5/c34-25(31-17-24(26(35)36)33-28(37)38-18-19-6-2-1-3-7-19)21-12-10-20(11-13-21)22-8-4-9-23(16-22)32-27-29-14-5-15-30-27/h1-4,6-9,16,20-21,24H,5,10-15,17-18H2,(H,31,34)(H,33,37)(H,35,36)(H2,29,30,32)/t20?,21?,24-/m0/s1. The Balaban J connectivity index is 1.21. The van der Waals surface area contributed by atoms with Crippen LogP contribution in [0.15, 0.2) is 59.6 Å². The number of anilines is 1. The zero-order valence-electron chi connectivity index (χ0n) is 21.3. The van der Waals surface area contributed by atoms with Gasteiger partial charge in [0.15, 0.2) is 5.96 Å². The van der Waals surface area contributed by atoms with Gasteiger partial charge in [-0.3, -0.25) is 9.79 Å². The zero-order valence-corrected chi connectivity index (χ0v) is 21.3. The van der Waals surface area contributed by atoms with Crippen LogP contribution >= 0.6 is 0 Å². The van der Waals surface area contributed by atoms with Crippen molar-refractivity contribution in [1.29, 1.82) is 0 Å². The van der Waals surface area contributed by atoms with Crippen LogP contribution in [0, 0.1) is 5.92 Å². The van der Waals surface area contributed by atoms with Crippen molar-refractivity contribution in [1.82, 2.24) is 16.0 Å². The molecule has 1 aliphatic heterocycles. The number of carbonyl (C=O) groups is 3. The van der Waals surface area contributed by atoms with Crippen molar-refractivity contribution < 1.29 is 24.2 Å². The lowest BCUT2D eigenvalue weighted by atomic mass is 9.78. The van der Waals surface area contributed by atoms with E-state index in [1.54, 1.807) is 12.1 Å². The summed E-state index contributed by atoms with van der Waals surface area (Å²) >= 11 is 0. The van der Waals surface area contributed by atoms with Crippen LogP contribution in [-0.4, -0.2) is 54.7 Å². The van der Waals surface area contributed by atoms with Gasteiger partial charge in [0, 0.05) is 31.2 Å². The first-order valence-electron chi connectivity index (χ1n) is 13.1. The quantitative estimate of drug-likeness (QED) is 0.341. The fraction of sp³-hybridized carbons (Fsp3) is 0.429. The number of ether oxygens (including phenoxy) is 1. The average Bonchev–Trinajstić information content (AvgIpc) is 2.95. The van der Waals surface area contributed by atoms with Crippen molar-refractivity contribution in [3.63, 3.8) is 0 Å². The van der Waals surface area contributed by atoms with Crippen LogP contribution in [0.3, 0.4) is 0 Å². The molecule has 1 fully saturated rings. The van der Waals surface area contributed by atoms with Crippen molar-refractivity contribution in [2.45, 2.75) is 50.7 Å². The van der Waals surface area contributed by atoms with Gasteiger partial charge < -0.3 is 31.1 Å². The Kier molecular flexibility index (Phi) is 9.55. The summed E-state index contributed by atoms with van der Waals surface area (Å²) in [6.45, 7) is 1.56. The van der Waals surface area contributed by atoms with E-state index in [1.807, 2.05) is 30.3 Å². The highest BCUT2D eigenvalue weighted by atomic mass is 16.5. The van der Waals surface area contributed by atoms with Crippen LogP contribution in [0.5, 0.6) is 0 Å². The summed E-state index contributed by atoms with van der Waals surface area (Å²) < 4.78 is 5.10. The third kappa shape index (κ3) is 7.96. The van der Waals surface area contributed by atoms with Gasteiger partial charge in [0.1, 0.15) is 12.6 Å². The first-order valence-corrected chi connectivity index (χ1v) is 13.1. The van der Waals surface area contributed by atoms with Gasteiger partial charge in [-0.05, 0) is 61.3 Å². The summed E-state index contributed by atoms with van der Waals surface area (Å²) in [7, 11) is 0. The normalized spacial score (nSPS) is 19.7. The second kappa shape index (κ2) is 13.5. The molecule has 0 bridgehead atoms. The number of guanidine groups is 1. The number of carboxylic acids is 1. The SMILES string of the molecule is O=C(N[C@@H](CNC(=O)C1CCC(c2cccc(NC3=NCCCN3)c2)CC1)C(=O)O)OCc1ccccc1. The summed E-state index contributed by atoms with van der Waals surface area (Å²) in [5.74, 6) is -0.463. The molecule has 4 rings (SSSR count). The highest BCUT2D eigenvalue weighted by Gasteiger charge is 2.29. The molecule has 1 aliphatic carbocycles. The molecule has 2 amide bonds. The molecule has 38 heavy (non-hydrogen) atoms. The molecule has 0 spiro atoms. The number of carbonyl (C=O) groups excluding carboxylic acids is 2. The average molecular weight is 522 g/mol. The third-order valence-electron chi connectivity index (χ3n) is 6.90. The second-order valence-electron chi connectivity index (χ2n) is 9.65. The fourth-order valence-corrected chi connectivity index (χ4v) is 4.77. The molecule has 2 aromatic rings. The fourth-order valence-electron chi connectivity index (χ4n) is 4.77. The Labute approximate surface area is 222 Å². The summed E-state index contributed by atoms with van der Waals surface area (Å²) in [6, 6.07) is 16.1. The smallest absolute Gasteiger partial charge is 0.408 e. The molecule has 1 atom stereocenters. The molecule has 0 unspecified atom stereocenters. The van der Waals surface area contributed by atoms with Gasteiger partial charge in [0.05, 0.1) is 0 Å². The number of hydrogen-bond acceptors (Lipinski definition) is 7. The minimum atomic E-state index is -1.28. The lowest BCUT2D eigenvalue weighted by Crippen LogP contribution is -2.49. The van der Waals surface area contributed by atoms with Crippen LogP contribution < -0.4 is 21.3 Å². The van der Waals surface area contributed by atoms with Crippen LogP contribution in [0.4, 0.5) is 10.5 Å². The van der Waals surface area contributed by atoms with Gasteiger partial charge in [-0.25, -0.2) is 9.59 Å². The van der Waals surface area contributed by atoms with Crippen LogP contribution in [0.1, 0.15) is 49.1 Å². The number of carboxylic acid groups (broad SMARTS) is 1. The number of amides is 2. The lowest BCUT2D eigenvalue weighted by Gasteiger charge is -2.29. The zero-order chi connectivity index (χ0) is 26.7. The molecule has 202 valence electrons. The summed E-state index contributed by atoms with van der Waals surface area (Å²) in [5, 5.41) is 21.1. The van der Waals surface area contributed by atoms with Crippen molar-refractivity contribution in [3.8, 4) is 0 Å². The van der Waals surface area contributed by atoms with Crippen LogP contribution in [0.2, 0.25) is 0 Å². The molecule has 0 aromatic heterocycles. The predicted octanol–water partition coefficient (Wildman–Crippen LogP) is 3.22. The van der Waals surface area contributed by atoms with E-state index in [9.17, 15) is 19.5 Å². The molecular weight excluding hydrogens is 486 g/mol. The molecule has 0 saturated heterocycles. The van der Waals surface area contributed by atoms with E-state index in [0.717, 1.165) is 49.6 Å². The molecule has 1 saturated carbocycles.